The van der Waals surface area contributed by atoms with Gasteiger partial charge >= 0.3 is 0 Å². The molecule has 0 N–H and O–H groups in total. The lowest BCUT2D eigenvalue weighted by atomic mass is 10.2. The van der Waals surface area contributed by atoms with Gasteiger partial charge in [-0.1, -0.05) is 0 Å². The first-order valence-electron chi connectivity index (χ1n) is 7.25. The smallest absolute Gasteiger partial charge is 0.243 e. The molecule has 1 saturated heterocycles. The molecule has 2 rings (SSSR count). The monoisotopic (exact) mass is 326 g/mol. The Morgan fingerprint density at radius 1 is 1.32 bits per heavy atom. The summed E-state index contributed by atoms with van der Waals surface area (Å²) in [4.78, 5) is 14.0. The molecule has 0 spiro atoms. The van der Waals surface area contributed by atoms with Crippen LogP contribution in [0.1, 0.15) is 18.4 Å². The maximum absolute atomic E-state index is 12.5. The third-order valence-corrected chi connectivity index (χ3v) is 5.69. The molecule has 22 heavy (non-hydrogen) atoms. The van der Waals surface area contributed by atoms with E-state index in [9.17, 15) is 13.2 Å². The van der Waals surface area contributed by atoms with Crippen molar-refractivity contribution in [3.05, 3.63) is 23.8 Å². The molecule has 1 aromatic carbocycles. The number of hydrogen-bond acceptors (Lipinski definition) is 4. The normalized spacial score (nSPS) is 15.4. The zero-order valence-electron chi connectivity index (χ0n) is 13.2. The van der Waals surface area contributed by atoms with Crippen molar-refractivity contribution in [2.24, 2.45) is 0 Å². The van der Waals surface area contributed by atoms with Crippen molar-refractivity contribution in [1.29, 1.82) is 0 Å². The minimum absolute atomic E-state index is 0.132. The van der Waals surface area contributed by atoms with E-state index in [0.29, 0.717) is 18.8 Å². The van der Waals surface area contributed by atoms with Crippen LogP contribution >= 0.6 is 0 Å². The van der Waals surface area contributed by atoms with Crippen LogP contribution < -0.4 is 4.74 Å². The van der Waals surface area contributed by atoms with Crippen molar-refractivity contribution in [3.63, 3.8) is 0 Å². The highest BCUT2D eigenvalue weighted by molar-refractivity contribution is 7.89. The number of carbonyl (C=O) groups excluding carboxylic acids is 1. The van der Waals surface area contributed by atoms with E-state index >= 15 is 0 Å². The Bertz CT molecular complexity index is 652. The van der Waals surface area contributed by atoms with E-state index in [1.54, 1.807) is 24.0 Å². The van der Waals surface area contributed by atoms with E-state index in [0.717, 1.165) is 22.7 Å². The number of hydrogen-bond donors (Lipinski definition) is 0. The third-order valence-electron chi connectivity index (χ3n) is 3.89. The number of sulfonamides is 1. The quantitative estimate of drug-likeness (QED) is 0.817. The van der Waals surface area contributed by atoms with Gasteiger partial charge in [0, 0.05) is 20.1 Å². The number of amides is 1. The second kappa shape index (κ2) is 6.66. The number of ether oxygens (including phenoxy) is 1. The van der Waals surface area contributed by atoms with Gasteiger partial charge in [-0.05, 0) is 43.5 Å². The van der Waals surface area contributed by atoms with Gasteiger partial charge in [0.15, 0.2) is 0 Å². The van der Waals surface area contributed by atoms with Crippen molar-refractivity contribution in [2.45, 2.75) is 24.7 Å². The minimum atomic E-state index is -3.68. The van der Waals surface area contributed by atoms with E-state index in [1.807, 2.05) is 0 Å². The van der Waals surface area contributed by atoms with Crippen LogP contribution in [0, 0.1) is 6.92 Å². The third kappa shape index (κ3) is 3.41. The highest BCUT2D eigenvalue weighted by Gasteiger charge is 2.26. The molecule has 0 unspecified atom stereocenters. The van der Waals surface area contributed by atoms with Crippen LogP contribution in [-0.2, 0) is 14.8 Å². The van der Waals surface area contributed by atoms with Gasteiger partial charge in [-0.15, -0.1) is 0 Å². The fraction of sp³-hybridized carbons (Fsp3) is 0.533. The summed E-state index contributed by atoms with van der Waals surface area (Å²) in [6, 6.07) is 4.68. The van der Waals surface area contributed by atoms with E-state index in [-0.39, 0.29) is 17.3 Å². The Hall–Kier alpha value is -1.60. The van der Waals surface area contributed by atoms with E-state index < -0.39 is 10.0 Å². The molecule has 122 valence electrons. The Labute approximate surface area is 131 Å². The number of rotatable bonds is 5. The number of carbonyl (C=O) groups is 1. The van der Waals surface area contributed by atoms with Gasteiger partial charge in [0.2, 0.25) is 15.9 Å². The fourth-order valence-corrected chi connectivity index (χ4v) is 3.74. The summed E-state index contributed by atoms with van der Waals surface area (Å²) in [7, 11) is -0.708. The number of likely N-dealkylation sites (N-methyl/N-ethyl adjacent to an activating group) is 1. The largest absolute Gasteiger partial charge is 0.496 e. The summed E-state index contributed by atoms with van der Waals surface area (Å²) in [5, 5.41) is 0. The molecule has 7 heteroatoms. The van der Waals surface area contributed by atoms with Crippen molar-refractivity contribution < 1.29 is 17.9 Å². The van der Waals surface area contributed by atoms with Crippen molar-refractivity contribution >= 4 is 15.9 Å². The second-order valence-corrected chi connectivity index (χ2v) is 7.53. The lowest BCUT2D eigenvalue weighted by molar-refractivity contribution is -0.130. The average molecular weight is 326 g/mol. The summed E-state index contributed by atoms with van der Waals surface area (Å²) in [5.74, 6) is 0.489. The van der Waals surface area contributed by atoms with Gasteiger partial charge in [0.1, 0.15) is 5.75 Å². The molecule has 0 atom stereocenters. The molecule has 1 fully saturated rings. The van der Waals surface area contributed by atoms with Crippen LogP contribution in [0.2, 0.25) is 0 Å². The van der Waals surface area contributed by atoms with Gasteiger partial charge in [-0.3, -0.25) is 4.79 Å². The van der Waals surface area contributed by atoms with Crippen LogP contribution in [0.4, 0.5) is 0 Å². The number of likely N-dealkylation sites (tertiary alicyclic amines) is 1. The first-order chi connectivity index (χ1) is 10.4. The molecule has 0 aromatic heterocycles. The minimum Gasteiger partial charge on any atom is -0.496 e. The van der Waals surface area contributed by atoms with Gasteiger partial charge in [0.25, 0.3) is 0 Å². The first kappa shape index (κ1) is 16.8. The molecule has 1 aliphatic heterocycles. The van der Waals surface area contributed by atoms with Gasteiger partial charge in [0.05, 0.1) is 18.6 Å². The molecule has 0 bridgehead atoms. The SMILES string of the molecule is COc1ccc(S(=O)(=O)N(C)CC(=O)N2CCCC2)cc1C. The summed E-state index contributed by atoms with van der Waals surface area (Å²) >= 11 is 0. The first-order valence-corrected chi connectivity index (χ1v) is 8.69. The zero-order chi connectivity index (χ0) is 16.3. The highest BCUT2D eigenvalue weighted by atomic mass is 32.2. The Morgan fingerprint density at radius 3 is 2.50 bits per heavy atom. The van der Waals surface area contributed by atoms with E-state index in [1.165, 1.54) is 20.2 Å². The number of benzene rings is 1. The van der Waals surface area contributed by atoms with Gasteiger partial charge < -0.3 is 9.64 Å². The maximum atomic E-state index is 12.5. The predicted octanol–water partition coefficient (Wildman–Crippen LogP) is 1.25. The standard InChI is InChI=1S/C15H22N2O4S/c1-12-10-13(6-7-14(12)21-3)22(19,20)16(2)11-15(18)17-8-4-5-9-17/h6-7,10H,4-5,8-9,11H2,1-3H3. The number of aryl methyl sites for hydroxylation is 1. The summed E-state index contributed by atoms with van der Waals surface area (Å²) in [6.07, 6.45) is 1.97. The van der Waals surface area contributed by atoms with Crippen molar-refractivity contribution in [3.8, 4) is 5.75 Å². The summed E-state index contributed by atoms with van der Waals surface area (Å²) < 4.78 is 31.3. The van der Waals surface area contributed by atoms with Crippen LogP contribution in [0.5, 0.6) is 5.75 Å². The van der Waals surface area contributed by atoms with Crippen LogP contribution in [0.15, 0.2) is 23.1 Å². The molecule has 0 aliphatic carbocycles. The number of methoxy groups -OCH3 is 1. The molecular weight excluding hydrogens is 304 g/mol. The average Bonchev–Trinajstić information content (AvgIpc) is 3.01. The predicted molar refractivity (Wildman–Crippen MR) is 83.4 cm³/mol. The van der Waals surface area contributed by atoms with Gasteiger partial charge in [-0.2, -0.15) is 4.31 Å². The Morgan fingerprint density at radius 2 is 1.95 bits per heavy atom. The van der Waals surface area contributed by atoms with Gasteiger partial charge in [-0.25, -0.2) is 8.42 Å². The molecule has 1 aliphatic rings. The van der Waals surface area contributed by atoms with Crippen molar-refractivity contribution in [2.75, 3.05) is 33.8 Å². The van der Waals surface area contributed by atoms with Crippen LogP contribution in [0.3, 0.4) is 0 Å². The molecule has 0 saturated carbocycles. The molecule has 1 amide bonds. The van der Waals surface area contributed by atoms with Crippen LogP contribution in [0.25, 0.3) is 0 Å². The zero-order valence-corrected chi connectivity index (χ0v) is 14.0. The Balaban J connectivity index is 2.14. The van der Waals surface area contributed by atoms with Crippen LogP contribution in [-0.4, -0.2) is 57.3 Å². The molecule has 0 radical (unpaired) electrons. The van der Waals surface area contributed by atoms with E-state index in [2.05, 4.69) is 0 Å². The topological polar surface area (TPSA) is 66.9 Å². The number of nitrogens with zero attached hydrogens (tertiary/aromatic N) is 2. The lowest BCUT2D eigenvalue weighted by Gasteiger charge is -2.21. The highest BCUT2D eigenvalue weighted by Crippen LogP contribution is 2.23. The summed E-state index contributed by atoms with van der Waals surface area (Å²) in [5.41, 5.74) is 0.739. The second-order valence-electron chi connectivity index (χ2n) is 5.48. The molecular formula is C15H22N2O4S. The molecule has 1 heterocycles. The molecule has 6 nitrogen and oxygen atoms in total. The fourth-order valence-electron chi connectivity index (χ4n) is 2.53. The molecule has 1 aromatic rings. The Kier molecular flexibility index (Phi) is 5.08. The lowest BCUT2D eigenvalue weighted by Crippen LogP contribution is -2.39. The summed E-state index contributed by atoms with van der Waals surface area (Å²) in [6.45, 7) is 3.09. The van der Waals surface area contributed by atoms with E-state index in [4.69, 9.17) is 4.74 Å². The maximum Gasteiger partial charge on any atom is 0.243 e. The van der Waals surface area contributed by atoms with Crippen molar-refractivity contribution in [1.82, 2.24) is 9.21 Å².